The number of aliphatic hydroxyl groups is 1. The van der Waals surface area contributed by atoms with Crippen LogP contribution in [0.2, 0.25) is 0 Å². The van der Waals surface area contributed by atoms with Gasteiger partial charge in [0.25, 0.3) is 0 Å². The fourth-order valence-corrected chi connectivity index (χ4v) is 3.60. The Morgan fingerprint density at radius 3 is 2.48 bits per heavy atom. The van der Waals surface area contributed by atoms with Crippen LogP contribution in [0.25, 0.3) is 0 Å². The molecule has 0 bridgehead atoms. The number of hydrogen-bond acceptors (Lipinski definition) is 5. The molecule has 1 aliphatic rings. The van der Waals surface area contributed by atoms with Gasteiger partial charge in [0.15, 0.2) is 0 Å². The first-order chi connectivity index (χ1) is 14.0. The maximum absolute atomic E-state index is 12.8. The predicted molar refractivity (Wildman–Crippen MR) is 110 cm³/mol. The van der Waals surface area contributed by atoms with Crippen molar-refractivity contribution in [1.82, 2.24) is 14.8 Å². The summed E-state index contributed by atoms with van der Waals surface area (Å²) in [6.45, 7) is 0.497. The molecule has 0 aliphatic carbocycles. The molecule has 0 radical (unpaired) electrons. The number of aliphatic hydroxyl groups excluding tert-OH is 1. The van der Waals surface area contributed by atoms with Gasteiger partial charge in [-0.1, -0.05) is 24.0 Å². The van der Waals surface area contributed by atoms with Gasteiger partial charge in [0.2, 0.25) is 5.91 Å². The lowest BCUT2D eigenvalue weighted by molar-refractivity contribution is -0.146. The Labute approximate surface area is 171 Å². The first-order valence-electron chi connectivity index (χ1n) is 9.49. The van der Waals surface area contributed by atoms with Crippen LogP contribution in [0.5, 0.6) is 0 Å². The third-order valence-electron chi connectivity index (χ3n) is 5.05. The highest BCUT2D eigenvalue weighted by atomic mass is 16.3. The first-order valence-corrected chi connectivity index (χ1v) is 9.49. The van der Waals surface area contributed by atoms with Crippen LogP contribution in [0.3, 0.4) is 0 Å². The van der Waals surface area contributed by atoms with Crippen LogP contribution in [0.1, 0.15) is 22.6 Å². The van der Waals surface area contributed by atoms with E-state index in [1.807, 2.05) is 43.3 Å². The molecule has 6 heteroatoms. The Kier molecular flexibility index (Phi) is 6.61. The summed E-state index contributed by atoms with van der Waals surface area (Å²) in [6, 6.07) is 12.5. The summed E-state index contributed by atoms with van der Waals surface area (Å²) < 4.78 is 0. The van der Waals surface area contributed by atoms with Crippen LogP contribution >= 0.6 is 0 Å². The van der Waals surface area contributed by atoms with Crippen molar-refractivity contribution in [3.63, 3.8) is 0 Å². The molecule has 6 nitrogen and oxygen atoms in total. The van der Waals surface area contributed by atoms with Crippen molar-refractivity contribution < 1.29 is 9.90 Å². The Morgan fingerprint density at radius 1 is 1.21 bits per heavy atom. The summed E-state index contributed by atoms with van der Waals surface area (Å²) in [7, 11) is 3.93. The molecule has 1 aromatic carbocycles. The maximum Gasteiger partial charge on any atom is 0.228 e. The number of amides is 1. The molecule has 3 rings (SSSR count). The Morgan fingerprint density at radius 2 is 1.90 bits per heavy atom. The van der Waals surface area contributed by atoms with E-state index in [0.29, 0.717) is 6.54 Å². The van der Waals surface area contributed by atoms with Crippen LogP contribution < -0.4 is 0 Å². The number of pyridine rings is 1. The van der Waals surface area contributed by atoms with Gasteiger partial charge in [-0.2, -0.15) is 5.26 Å². The topological polar surface area (TPSA) is 80.5 Å². The predicted octanol–water partition coefficient (Wildman–Crippen LogP) is 1.42. The molecule has 2 aromatic rings. The van der Waals surface area contributed by atoms with Crippen LogP contribution in [-0.2, 0) is 11.2 Å². The molecule has 0 unspecified atom stereocenters. The second kappa shape index (κ2) is 9.34. The van der Waals surface area contributed by atoms with E-state index in [1.165, 1.54) is 4.90 Å². The van der Waals surface area contributed by atoms with Gasteiger partial charge in [0.05, 0.1) is 31.7 Å². The molecular formula is C23H24N4O2. The third-order valence-corrected chi connectivity index (χ3v) is 5.05. The fourth-order valence-electron chi connectivity index (χ4n) is 3.60. The molecule has 1 amide bonds. The van der Waals surface area contributed by atoms with E-state index in [9.17, 15) is 15.2 Å². The second-order valence-electron chi connectivity index (χ2n) is 7.34. The summed E-state index contributed by atoms with van der Waals surface area (Å²) >= 11 is 0. The van der Waals surface area contributed by atoms with Gasteiger partial charge < -0.3 is 10.0 Å². The summed E-state index contributed by atoms with van der Waals surface area (Å²) in [5.41, 5.74) is 2.67. The molecule has 0 saturated carbocycles. The second-order valence-corrected chi connectivity index (χ2v) is 7.34. The number of rotatable bonds is 5. The zero-order valence-corrected chi connectivity index (χ0v) is 16.6. The number of carbonyl (C=O) groups excluding carboxylic acids is 1. The van der Waals surface area contributed by atoms with Gasteiger partial charge in [-0.05, 0) is 49.5 Å². The molecule has 1 fully saturated rings. The van der Waals surface area contributed by atoms with E-state index in [1.54, 1.807) is 24.5 Å². The largest absolute Gasteiger partial charge is 0.394 e. The zero-order valence-electron chi connectivity index (χ0n) is 16.6. The van der Waals surface area contributed by atoms with Crippen molar-refractivity contribution in [3.05, 3.63) is 65.5 Å². The lowest BCUT2D eigenvalue weighted by Gasteiger charge is -2.51. The van der Waals surface area contributed by atoms with Gasteiger partial charge in [-0.15, -0.1) is 0 Å². The monoisotopic (exact) mass is 388 g/mol. The highest BCUT2D eigenvalue weighted by Gasteiger charge is 2.51. The first kappa shape index (κ1) is 20.5. The van der Waals surface area contributed by atoms with E-state index < -0.39 is 12.1 Å². The van der Waals surface area contributed by atoms with E-state index >= 15 is 0 Å². The van der Waals surface area contributed by atoms with Gasteiger partial charge in [-0.3, -0.25) is 14.7 Å². The minimum absolute atomic E-state index is 0.163. The SMILES string of the molecule is CN(C)CC#Cc1ccc([C@H]2[C@@H](CO)N(C(=O)Cc3ccncc3)[C@H]2C#N)cc1. The molecule has 1 aromatic heterocycles. The van der Waals surface area contributed by atoms with Gasteiger partial charge >= 0.3 is 0 Å². The van der Waals surface area contributed by atoms with E-state index in [0.717, 1.165) is 16.7 Å². The Balaban J connectivity index is 1.74. The third kappa shape index (κ3) is 4.63. The lowest BCUT2D eigenvalue weighted by Crippen LogP contribution is -2.65. The van der Waals surface area contributed by atoms with E-state index in [-0.39, 0.29) is 24.9 Å². The van der Waals surface area contributed by atoms with Gasteiger partial charge in [0.1, 0.15) is 6.04 Å². The molecule has 1 saturated heterocycles. The average molecular weight is 388 g/mol. The molecule has 29 heavy (non-hydrogen) atoms. The quantitative estimate of drug-likeness (QED) is 0.784. The van der Waals surface area contributed by atoms with Crippen LogP contribution in [0.4, 0.5) is 0 Å². The van der Waals surface area contributed by atoms with Crippen LogP contribution in [-0.4, -0.2) is 65.1 Å². The normalized spacial score (nSPS) is 20.4. The molecule has 1 N–H and O–H groups in total. The standard InChI is InChI=1S/C23H24N4O2/c1-26(2)13-3-4-17-5-7-19(8-6-17)23-20(15-24)27(21(23)16-28)22(29)14-18-9-11-25-12-10-18/h5-12,20-21,23,28H,13-14,16H2,1-2H3/t20-,21+,23+/m0/s1. The summed E-state index contributed by atoms with van der Waals surface area (Å²) in [5.74, 6) is 5.82. The lowest BCUT2D eigenvalue weighted by atomic mass is 9.75. The van der Waals surface area contributed by atoms with E-state index in [2.05, 4.69) is 22.9 Å². The average Bonchev–Trinajstić information content (AvgIpc) is 2.69. The Hall–Kier alpha value is -3.19. The number of benzene rings is 1. The van der Waals surface area contributed by atoms with Crippen LogP contribution in [0.15, 0.2) is 48.8 Å². The fraction of sp³-hybridized carbons (Fsp3) is 0.348. The van der Waals surface area contributed by atoms with Crippen molar-refractivity contribution in [2.24, 2.45) is 0 Å². The van der Waals surface area contributed by atoms with Crippen molar-refractivity contribution in [2.75, 3.05) is 27.2 Å². The van der Waals surface area contributed by atoms with Gasteiger partial charge in [0, 0.05) is 23.9 Å². The van der Waals surface area contributed by atoms with Crippen LogP contribution in [0, 0.1) is 23.2 Å². The number of hydrogen-bond donors (Lipinski definition) is 1. The molecular weight excluding hydrogens is 364 g/mol. The molecule has 1 aliphatic heterocycles. The minimum atomic E-state index is -0.591. The number of aromatic nitrogens is 1. The van der Waals surface area contributed by atoms with Gasteiger partial charge in [-0.25, -0.2) is 0 Å². The van der Waals surface area contributed by atoms with E-state index in [4.69, 9.17) is 0 Å². The molecule has 148 valence electrons. The summed E-state index contributed by atoms with van der Waals surface area (Å²) in [5, 5.41) is 19.6. The number of likely N-dealkylation sites (tertiary alicyclic amines) is 1. The van der Waals surface area contributed by atoms with Crippen molar-refractivity contribution in [1.29, 1.82) is 5.26 Å². The number of nitriles is 1. The van der Waals surface area contributed by atoms with Crippen molar-refractivity contribution >= 4 is 5.91 Å². The minimum Gasteiger partial charge on any atom is -0.394 e. The molecule has 2 heterocycles. The summed E-state index contributed by atoms with van der Waals surface area (Å²) in [6.07, 6.45) is 3.45. The highest BCUT2D eigenvalue weighted by molar-refractivity contribution is 5.81. The molecule has 3 atom stereocenters. The highest BCUT2D eigenvalue weighted by Crippen LogP contribution is 2.40. The number of carbonyl (C=O) groups is 1. The Bertz CT molecular complexity index is 939. The zero-order chi connectivity index (χ0) is 20.8. The smallest absolute Gasteiger partial charge is 0.228 e. The number of nitrogens with zero attached hydrogens (tertiary/aromatic N) is 4. The van der Waals surface area contributed by atoms with Crippen molar-refractivity contribution in [3.8, 4) is 17.9 Å². The summed E-state index contributed by atoms with van der Waals surface area (Å²) in [4.78, 5) is 20.2. The van der Waals surface area contributed by atoms with Crippen molar-refractivity contribution in [2.45, 2.75) is 24.4 Å². The maximum atomic E-state index is 12.8. The molecule has 0 spiro atoms.